The SMILES string of the molecule is CN1CCN(c2ccc(Cl)cc2NC(=O)c2cc(S(=O)(=O)N(C)c3ccccc3)ccc2Cl)CC1. The van der Waals surface area contributed by atoms with Crippen molar-refractivity contribution in [2.75, 3.05) is 54.8 Å². The molecule has 0 radical (unpaired) electrons. The Morgan fingerprint density at radius 2 is 1.63 bits per heavy atom. The second-order valence-corrected chi connectivity index (χ2v) is 11.2. The summed E-state index contributed by atoms with van der Waals surface area (Å²) in [7, 11) is -0.379. The first-order valence-electron chi connectivity index (χ1n) is 11.0. The summed E-state index contributed by atoms with van der Waals surface area (Å²) in [5.41, 5.74) is 1.94. The lowest BCUT2D eigenvalue weighted by atomic mass is 10.1. The molecule has 1 saturated heterocycles. The third-order valence-electron chi connectivity index (χ3n) is 6.01. The predicted octanol–water partition coefficient (Wildman–Crippen LogP) is 4.82. The minimum atomic E-state index is -3.91. The number of halogens is 2. The summed E-state index contributed by atoms with van der Waals surface area (Å²) in [5.74, 6) is -0.521. The molecule has 1 heterocycles. The van der Waals surface area contributed by atoms with Crippen LogP contribution in [-0.2, 0) is 10.0 Å². The first-order valence-corrected chi connectivity index (χ1v) is 13.2. The lowest BCUT2D eigenvalue weighted by Crippen LogP contribution is -2.44. The molecule has 7 nitrogen and oxygen atoms in total. The van der Waals surface area contributed by atoms with Gasteiger partial charge in [0.15, 0.2) is 0 Å². The molecule has 1 fully saturated rings. The van der Waals surface area contributed by atoms with E-state index in [1.54, 1.807) is 42.5 Å². The maximum atomic E-state index is 13.3. The number of nitrogens with one attached hydrogen (secondary N) is 1. The molecule has 1 aliphatic heterocycles. The van der Waals surface area contributed by atoms with Gasteiger partial charge < -0.3 is 15.1 Å². The summed E-state index contributed by atoms with van der Waals surface area (Å²) in [4.78, 5) is 17.7. The van der Waals surface area contributed by atoms with E-state index in [9.17, 15) is 13.2 Å². The summed E-state index contributed by atoms with van der Waals surface area (Å²) >= 11 is 12.6. The molecule has 3 aromatic carbocycles. The lowest BCUT2D eigenvalue weighted by Gasteiger charge is -2.35. The second-order valence-electron chi connectivity index (χ2n) is 8.36. The van der Waals surface area contributed by atoms with E-state index in [4.69, 9.17) is 23.2 Å². The zero-order valence-electron chi connectivity index (χ0n) is 19.4. The van der Waals surface area contributed by atoms with Crippen molar-refractivity contribution < 1.29 is 13.2 Å². The van der Waals surface area contributed by atoms with Gasteiger partial charge in [-0.1, -0.05) is 41.4 Å². The molecule has 0 unspecified atom stereocenters. The third-order valence-corrected chi connectivity index (χ3v) is 8.36. The molecule has 35 heavy (non-hydrogen) atoms. The maximum Gasteiger partial charge on any atom is 0.264 e. The van der Waals surface area contributed by atoms with E-state index in [-0.39, 0.29) is 15.5 Å². The highest BCUT2D eigenvalue weighted by Crippen LogP contribution is 2.32. The molecule has 0 saturated carbocycles. The van der Waals surface area contributed by atoms with Gasteiger partial charge in [-0.25, -0.2) is 8.42 Å². The molecule has 3 aromatic rings. The molecule has 0 bridgehead atoms. The fourth-order valence-corrected chi connectivity index (χ4v) is 5.49. The number of sulfonamides is 1. The summed E-state index contributed by atoms with van der Waals surface area (Å²) in [5, 5.41) is 3.51. The number of piperazine rings is 1. The molecular weight excluding hydrogens is 507 g/mol. The van der Waals surface area contributed by atoms with Gasteiger partial charge in [0.1, 0.15) is 0 Å². The average molecular weight is 533 g/mol. The van der Waals surface area contributed by atoms with E-state index < -0.39 is 15.9 Å². The number of benzene rings is 3. The number of hydrogen-bond acceptors (Lipinski definition) is 5. The van der Waals surface area contributed by atoms with Crippen LogP contribution in [0.15, 0.2) is 71.6 Å². The van der Waals surface area contributed by atoms with Crippen molar-refractivity contribution in [3.63, 3.8) is 0 Å². The largest absolute Gasteiger partial charge is 0.367 e. The van der Waals surface area contributed by atoms with E-state index in [1.165, 1.54) is 29.6 Å². The number of carbonyl (C=O) groups excluding carboxylic acids is 1. The number of hydrogen-bond donors (Lipinski definition) is 1. The Hall–Kier alpha value is -2.78. The molecule has 10 heteroatoms. The fraction of sp³-hybridized carbons (Fsp3) is 0.240. The predicted molar refractivity (Wildman–Crippen MR) is 143 cm³/mol. The normalized spacial score (nSPS) is 14.6. The summed E-state index contributed by atoms with van der Waals surface area (Å²) in [6.07, 6.45) is 0. The van der Waals surface area contributed by atoms with Gasteiger partial charge in [-0.15, -0.1) is 0 Å². The standard InChI is InChI=1S/C25H26Cl2N4O3S/c1-29-12-14-31(15-13-29)24-11-8-18(26)16-23(24)28-25(32)21-17-20(9-10-22(21)27)35(33,34)30(2)19-6-4-3-5-7-19/h3-11,16-17H,12-15H2,1-2H3,(H,28,32). The first-order chi connectivity index (χ1) is 16.7. The zero-order valence-corrected chi connectivity index (χ0v) is 21.7. The van der Waals surface area contributed by atoms with Gasteiger partial charge in [-0.3, -0.25) is 9.10 Å². The fourth-order valence-electron chi connectivity index (χ4n) is 3.89. The minimum Gasteiger partial charge on any atom is -0.367 e. The summed E-state index contributed by atoms with van der Waals surface area (Å²) < 4.78 is 27.6. The van der Waals surface area contributed by atoms with Crippen molar-refractivity contribution >= 4 is 56.2 Å². The molecule has 1 aliphatic rings. The molecule has 0 aromatic heterocycles. The number of rotatable bonds is 6. The molecular formula is C25H26Cl2N4O3S. The Labute approximate surface area is 215 Å². The lowest BCUT2D eigenvalue weighted by molar-refractivity contribution is 0.102. The Balaban J connectivity index is 1.63. The topological polar surface area (TPSA) is 73.0 Å². The van der Waals surface area contributed by atoms with Gasteiger partial charge in [0.05, 0.1) is 32.5 Å². The van der Waals surface area contributed by atoms with Crippen LogP contribution in [0.2, 0.25) is 10.0 Å². The quantitative estimate of drug-likeness (QED) is 0.492. The number of nitrogens with zero attached hydrogens (tertiary/aromatic N) is 3. The van der Waals surface area contributed by atoms with E-state index in [1.807, 2.05) is 6.07 Å². The van der Waals surface area contributed by atoms with Crippen molar-refractivity contribution in [1.82, 2.24) is 4.90 Å². The van der Waals surface area contributed by atoms with Crippen LogP contribution in [0, 0.1) is 0 Å². The Bertz CT molecular complexity index is 1330. The van der Waals surface area contributed by atoms with Gasteiger partial charge >= 0.3 is 0 Å². The van der Waals surface area contributed by atoms with E-state index in [0.29, 0.717) is 16.4 Å². The highest BCUT2D eigenvalue weighted by molar-refractivity contribution is 7.92. The smallest absolute Gasteiger partial charge is 0.264 e. The minimum absolute atomic E-state index is 0.0382. The third kappa shape index (κ3) is 5.56. The van der Waals surface area contributed by atoms with Crippen LogP contribution in [0.3, 0.4) is 0 Å². The van der Waals surface area contributed by atoms with E-state index in [0.717, 1.165) is 31.9 Å². The van der Waals surface area contributed by atoms with Crippen molar-refractivity contribution in [3.05, 3.63) is 82.3 Å². The van der Waals surface area contributed by atoms with Crippen LogP contribution in [0.5, 0.6) is 0 Å². The molecule has 4 rings (SSSR count). The van der Waals surface area contributed by atoms with Crippen LogP contribution >= 0.6 is 23.2 Å². The number of anilines is 3. The van der Waals surface area contributed by atoms with E-state index in [2.05, 4.69) is 22.2 Å². The van der Waals surface area contributed by atoms with Crippen LogP contribution in [0.4, 0.5) is 17.1 Å². The van der Waals surface area contributed by atoms with Crippen LogP contribution in [-0.4, -0.2) is 59.5 Å². The monoisotopic (exact) mass is 532 g/mol. The number of para-hydroxylation sites is 1. The molecule has 1 amide bonds. The van der Waals surface area contributed by atoms with Crippen molar-refractivity contribution in [2.24, 2.45) is 0 Å². The summed E-state index contributed by atoms with van der Waals surface area (Å²) in [6.45, 7) is 3.41. The van der Waals surface area contributed by atoms with Crippen LogP contribution in [0.25, 0.3) is 0 Å². The molecule has 0 atom stereocenters. The number of amides is 1. The number of likely N-dealkylation sites (N-methyl/N-ethyl adjacent to an activating group) is 1. The Kier molecular flexibility index (Phi) is 7.56. The van der Waals surface area contributed by atoms with Crippen molar-refractivity contribution in [2.45, 2.75) is 4.90 Å². The highest BCUT2D eigenvalue weighted by atomic mass is 35.5. The van der Waals surface area contributed by atoms with E-state index >= 15 is 0 Å². The van der Waals surface area contributed by atoms with Crippen LogP contribution < -0.4 is 14.5 Å². The molecule has 1 N–H and O–H groups in total. The Morgan fingerprint density at radius 1 is 0.943 bits per heavy atom. The highest BCUT2D eigenvalue weighted by Gasteiger charge is 2.25. The summed E-state index contributed by atoms with van der Waals surface area (Å²) in [6, 6.07) is 18.2. The molecule has 184 valence electrons. The molecule has 0 spiro atoms. The van der Waals surface area contributed by atoms with Gasteiger partial charge in [-0.2, -0.15) is 0 Å². The average Bonchev–Trinajstić information content (AvgIpc) is 2.85. The van der Waals surface area contributed by atoms with Crippen LogP contribution in [0.1, 0.15) is 10.4 Å². The van der Waals surface area contributed by atoms with Gasteiger partial charge in [0, 0.05) is 38.2 Å². The zero-order chi connectivity index (χ0) is 25.2. The molecule has 0 aliphatic carbocycles. The van der Waals surface area contributed by atoms with Crippen molar-refractivity contribution in [1.29, 1.82) is 0 Å². The van der Waals surface area contributed by atoms with Gasteiger partial charge in [-0.05, 0) is 55.6 Å². The van der Waals surface area contributed by atoms with Gasteiger partial charge in [0.25, 0.3) is 15.9 Å². The first kappa shape index (κ1) is 25.3. The second kappa shape index (κ2) is 10.5. The maximum absolute atomic E-state index is 13.3. The van der Waals surface area contributed by atoms with Gasteiger partial charge in [0.2, 0.25) is 0 Å². The van der Waals surface area contributed by atoms with Crippen molar-refractivity contribution in [3.8, 4) is 0 Å². The Morgan fingerprint density at radius 3 is 2.31 bits per heavy atom. The number of carbonyl (C=O) groups is 1.